The largest absolute Gasteiger partial charge is 0.356 e. The van der Waals surface area contributed by atoms with E-state index in [4.69, 9.17) is 31.7 Å². The second-order valence-corrected chi connectivity index (χ2v) is 8.31. The van der Waals surface area contributed by atoms with Gasteiger partial charge < -0.3 is 20.4 Å². The average Bonchev–Trinajstić information content (AvgIpc) is 1.96. The van der Waals surface area contributed by atoms with Gasteiger partial charge in [-0.05, 0) is 43.1 Å². The van der Waals surface area contributed by atoms with Crippen molar-refractivity contribution in [1.82, 2.24) is 10.2 Å². The Hall–Kier alpha value is 1.24. The van der Waals surface area contributed by atoms with Gasteiger partial charge in [-0.1, -0.05) is 0 Å². The summed E-state index contributed by atoms with van der Waals surface area (Å²) in [5, 5.41) is 39.4. The first-order chi connectivity index (χ1) is 6.41. The molecule has 0 fully saturated rings. The first kappa shape index (κ1) is 16.2. The van der Waals surface area contributed by atoms with Crippen LogP contribution >= 0.6 is 49.9 Å². The van der Waals surface area contributed by atoms with Crippen LogP contribution in [0.3, 0.4) is 0 Å². The van der Waals surface area contributed by atoms with Crippen LogP contribution in [0.5, 0.6) is 0 Å². The summed E-state index contributed by atoms with van der Waals surface area (Å²) in [7, 11) is 0. The van der Waals surface area contributed by atoms with Crippen molar-refractivity contribution in [3.63, 3.8) is 0 Å². The first-order valence-corrected chi connectivity index (χ1v) is 7.68. The quantitative estimate of drug-likeness (QED) is 0.206. The summed E-state index contributed by atoms with van der Waals surface area (Å²) in [5.41, 5.74) is 0. The highest BCUT2D eigenvalue weighted by Gasteiger charge is 2.28. The standard InChI is InChI=1S/C4H10Br2ClN2O5P/c5-3(10,11)1-8-15(7,14)9-2-4(6,12)13/h10-13H,1-2H2,(H2,8,9,14). The molecular formula is C4H10Br2ClN2O5P. The van der Waals surface area contributed by atoms with Crippen molar-refractivity contribution in [3.05, 3.63) is 0 Å². The van der Waals surface area contributed by atoms with E-state index in [9.17, 15) is 4.57 Å². The number of rotatable bonds is 6. The Kier molecular flexibility index (Phi) is 6.19. The number of halogens is 3. The van der Waals surface area contributed by atoms with Gasteiger partial charge in [0.15, 0.2) is 0 Å². The molecule has 0 aliphatic rings. The van der Waals surface area contributed by atoms with Crippen molar-refractivity contribution in [2.45, 2.75) is 9.39 Å². The van der Waals surface area contributed by atoms with Gasteiger partial charge in [-0.15, -0.1) is 0 Å². The van der Waals surface area contributed by atoms with E-state index < -0.39 is 29.3 Å². The van der Waals surface area contributed by atoms with E-state index in [1.54, 1.807) is 0 Å². The number of hydrogen-bond acceptors (Lipinski definition) is 5. The lowest BCUT2D eigenvalue weighted by Gasteiger charge is -2.21. The minimum atomic E-state index is -3.61. The van der Waals surface area contributed by atoms with Crippen molar-refractivity contribution in [1.29, 1.82) is 0 Å². The maximum absolute atomic E-state index is 11.4. The van der Waals surface area contributed by atoms with Crippen molar-refractivity contribution >= 4 is 49.9 Å². The van der Waals surface area contributed by atoms with Crippen molar-refractivity contribution in [2.24, 2.45) is 0 Å². The lowest BCUT2D eigenvalue weighted by Crippen LogP contribution is -2.38. The van der Waals surface area contributed by atoms with Crippen LogP contribution in [-0.2, 0) is 4.57 Å². The van der Waals surface area contributed by atoms with E-state index >= 15 is 0 Å². The molecule has 0 aromatic carbocycles. The van der Waals surface area contributed by atoms with E-state index in [1.165, 1.54) is 0 Å². The number of aliphatic hydroxyl groups is 4. The summed E-state index contributed by atoms with van der Waals surface area (Å²) in [6.07, 6.45) is 0. The molecule has 0 rings (SSSR count). The van der Waals surface area contributed by atoms with Gasteiger partial charge in [0.2, 0.25) is 9.39 Å². The summed E-state index contributed by atoms with van der Waals surface area (Å²) in [4.78, 5) is 0. The molecule has 0 saturated heterocycles. The molecule has 0 aliphatic heterocycles. The van der Waals surface area contributed by atoms with Crippen LogP contribution in [0.2, 0.25) is 0 Å². The van der Waals surface area contributed by atoms with Crippen LogP contribution in [0, 0.1) is 0 Å². The summed E-state index contributed by atoms with van der Waals surface area (Å²) in [5.74, 6) is 0. The molecule has 0 aromatic heterocycles. The summed E-state index contributed by atoms with van der Waals surface area (Å²) < 4.78 is 6.87. The molecule has 0 bridgehead atoms. The molecule has 0 aromatic rings. The van der Waals surface area contributed by atoms with Crippen molar-refractivity contribution < 1.29 is 25.0 Å². The zero-order valence-corrected chi connectivity index (χ0v) is 12.0. The Morgan fingerprint density at radius 2 is 1.33 bits per heavy atom. The normalized spacial score (nSPS) is 14.3. The molecule has 11 heteroatoms. The average molecular weight is 392 g/mol. The molecule has 0 unspecified atom stereocenters. The Morgan fingerprint density at radius 1 is 1.07 bits per heavy atom. The van der Waals surface area contributed by atoms with E-state index in [1.807, 2.05) is 0 Å². The monoisotopic (exact) mass is 390 g/mol. The zero-order chi connectivity index (χ0) is 12.3. The van der Waals surface area contributed by atoms with E-state index in [2.05, 4.69) is 42.0 Å². The molecule has 0 amide bonds. The predicted molar refractivity (Wildman–Crippen MR) is 61.7 cm³/mol. The highest BCUT2D eigenvalue weighted by molar-refractivity contribution is 9.10. The highest BCUT2D eigenvalue weighted by Crippen LogP contribution is 2.42. The molecule has 6 N–H and O–H groups in total. The molecule has 7 nitrogen and oxygen atoms in total. The zero-order valence-electron chi connectivity index (χ0n) is 7.19. The van der Waals surface area contributed by atoms with Crippen molar-refractivity contribution in [3.8, 4) is 0 Å². The second-order valence-electron chi connectivity index (χ2n) is 2.64. The van der Waals surface area contributed by atoms with Gasteiger partial charge in [-0.2, -0.15) is 0 Å². The molecule has 0 radical (unpaired) electrons. The Morgan fingerprint density at radius 3 is 1.53 bits per heavy atom. The van der Waals surface area contributed by atoms with E-state index in [0.29, 0.717) is 0 Å². The lowest BCUT2D eigenvalue weighted by molar-refractivity contribution is -0.0635. The fourth-order valence-corrected chi connectivity index (χ4v) is 2.49. The van der Waals surface area contributed by atoms with Crippen LogP contribution in [0.4, 0.5) is 0 Å². The van der Waals surface area contributed by atoms with Crippen LogP contribution < -0.4 is 10.2 Å². The summed E-state index contributed by atoms with van der Waals surface area (Å²) >= 11 is 10.3. The maximum Gasteiger partial charge on any atom is 0.299 e. The van der Waals surface area contributed by atoms with Gasteiger partial charge in [0.05, 0.1) is 13.1 Å². The second kappa shape index (κ2) is 5.72. The molecule has 0 aliphatic carbocycles. The maximum atomic E-state index is 11.4. The minimum Gasteiger partial charge on any atom is -0.356 e. The first-order valence-electron chi connectivity index (χ1n) is 3.49. The third kappa shape index (κ3) is 11.5. The molecule has 92 valence electrons. The minimum absolute atomic E-state index is 0.521. The third-order valence-corrected chi connectivity index (χ3v) is 3.42. The van der Waals surface area contributed by atoms with Gasteiger partial charge in [0.1, 0.15) is 0 Å². The van der Waals surface area contributed by atoms with E-state index in [0.717, 1.165) is 0 Å². The van der Waals surface area contributed by atoms with Gasteiger partial charge in [-0.25, -0.2) is 10.2 Å². The molecule has 0 saturated carbocycles. The topological polar surface area (TPSA) is 122 Å². The smallest absolute Gasteiger partial charge is 0.299 e. The fraction of sp³-hybridized carbons (Fsp3) is 1.00. The highest BCUT2D eigenvalue weighted by atomic mass is 79.9. The summed E-state index contributed by atoms with van der Waals surface area (Å²) in [6.45, 7) is -4.66. The number of nitrogens with one attached hydrogen (secondary N) is 2. The van der Waals surface area contributed by atoms with Crippen LogP contribution in [0.1, 0.15) is 0 Å². The van der Waals surface area contributed by atoms with Crippen molar-refractivity contribution in [2.75, 3.05) is 13.1 Å². The van der Waals surface area contributed by atoms with Gasteiger partial charge in [0.25, 0.3) is 6.80 Å². The van der Waals surface area contributed by atoms with Gasteiger partial charge in [0, 0.05) is 0 Å². The molecule has 15 heavy (non-hydrogen) atoms. The lowest BCUT2D eigenvalue weighted by atomic mass is 10.7. The molecular weight excluding hydrogens is 382 g/mol. The number of hydrogen-bond donors (Lipinski definition) is 6. The van der Waals surface area contributed by atoms with Gasteiger partial charge >= 0.3 is 0 Å². The van der Waals surface area contributed by atoms with E-state index in [-0.39, 0.29) is 0 Å². The summed E-state index contributed by atoms with van der Waals surface area (Å²) in [6, 6.07) is 0. The molecule has 0 spiro atoms. The fourth-order valence-electron chi connectivity index (χ4n) is 0.460. The number of alkyl halides is 2. The third-order valence-electron chi connectivity index (χ3n) is 1.01. The predicted octanol–water partition coefficient (Wildman–Crippen LogP) is -0.421. The Labute approximate surface area is 107 Å². The van der Waals surface area contributed by atoms with Crippen LogP contribution in [0.15, 0.2) is 0 Å². The Balaban J connectivity index is 4.04. The molecule has 0 atom stereocenters. The van der Waals surface area contributed by atoms with Crippen LogP contribution in [0.25, 0.3) is 0 Å². The van der Waals surface area contributed by atoms with Crippen LogP contribution in [-0.4, -0.2) is 42.9 Å². The van der Waals surface area contributed by atoms with Gasteiger partial charge in [-0.3, -0.25) is 4.57 Å². The Bertz CT molecular complexity index is 232. The SMILES string of the molecule is O=P(Cl)(NCC(O)(O)Br)NCC(O)(O)Br. The molecule has 0 heterocycles.